The van der Waals surface area contributed by atoms with Crippen LogP contribution in [0.25, 0.3) is 12.2 Å². The zero-order valence-corrected chi connectivity index (χ0v) is 15.7. The van der Waals surface area contributed by atoms with Crippen LogP contribution in [0, 0.1) is 0 Å². The van der Waals surface area contributed by atoms with Crippen molar-refractivity contribution in [2.75, 3.05) is 0 Å². The van der Waals surface area contributed by atoms with Gasteiger partial charge in [0.1, 0.15) is 0 Å². The molecule has 0 heteroatoms. The normalized spacial score (nSPS) is 9.92. The van der Waals surface area contributed by atoms with Crippen molar-refractivity contribution < 1.29 is 0 Å². The molecule has 0 N–H and O–H groups in total. The third-order valence-electron chi connectivity index (χ3n) is 3.13. The number of hydrogen-bond acceptors (Lipinski definition) is 0. The molecule has 134 valence electrons. The molecule has 0 aromatic heterocycles. The average Bonchev–Trinajstić information content (AvgIpc) is 3.55. The maximum Gasteiger partial charge on any atom is -0.0263 e. The molecule has 2 aromatic rings. The van der Waals surface area contributed by atoms with Gasteiger partial charge < -0.3 is 0 Å². The summed E-state index contributed by atoms with van der Waals surface area (Å²) < 4.78 is 0. The van der Waals surface area contributed by atoms with Gasteiger partial charge in [-0.3, -0.25) is 0 Å². The second-order valence-corrected chi connectivity index (χ2v) is 5.26. The Kier molecular flexibility index (Phi) is 14.7. The molecule has 0 nitrogen and oxygen atoms in total. The number of hydrogen-bond donors (Lipinski definition) is 0. The highest BCUT2D eigenvalue weighted by molar-refractivity contribution is 5.46. The van der Waals surface area contributed by atoms with Crippen molar-refractivity contribution in [2.24, 2.45) is 0 Å². The van der Waals surface area contributed by atoms with Gasteiger partial charge in [-0.05, 0) is 24.0 Å². The van der Waals surface area contributed by atoms with Crippen LogP contribution >= 0.6 is 0 Å². The van der Waals surface area contributed by atoms with Crippen LogP contribution < -0.4 is 0 Å². The van der Waals surface area contributed by atoms with E-state index < -0.39 is 0 Å². The van der Waals surface area contributed by atoms with Crippen molar-refractivity contribution in [1.82, 2.24) is 0 Å². The molecule has 1 fully saturated rings. The van der Waals surface area contributed by atoms with E-state index in [1.165, 1.54) is 24.0 Å². The number of rotatable bonds is 4. The minimum absolute atomic E-state index is 1.17. The summed E-state index contributed by atoms with van der Waals surface area (Å²) in [5.74, 6) is 0. The van der Waals surface area contributed by atoms with Gasteiger partial charge in [-0.2, -0.15) is 0 Å². The van der Waals surface area contributed by atoms with E-state index in [2.05, 4.69) is 39.0 Å². The third kappa shape index (κ3) is 14.5. The van der Waals surface area contributed by atoms with Crippen molar-refractivity contribution >= 4 is 12.2 Å². The summed E-state index contributed by atoms with van der Waals surface area (Å²) in [5.41, 5.74) is 3.89. The lowest BCUT2D eigenvalue weighted by atomic mass is 10.2. The second kappa shape index (κ2) is 16.7. The maximum atomic E-state index is 3.63. The number of benzene rings is 2. The van der Waals surface area contributed by atoms with Gasteiger partial charge in [-0.25, -0.2) is 0 Å². The first-order valence-corrected chi connectivity index (χ1v) is 8.60. The third-order valence-corrected chi connectivity index (χ3v) is 3.13. The minimum Gasteiger partial charge on any atom is -0.0991 e. The Morgan fingerprint density at radius 1 is 0.538 bits per heavy atom. The largest absolute Gasteiger partial charge is 0.0991 e. The smallest absolute Gasteiger partial charge is 0.0263 e. The highest BCUT2D eigenvalue weighted by atomic mass is 14.1. The second-order valence-electron chi connectivity index (χ2n) is 5.26. The molecule has 0 radical (unpaired) electrons. The highest BCUT2D eigenvalue weighted by Gasteiger charge is 2.07. The lowest BCUT2D eigenvalue weighted by Gasteiger charge is -1.85. The molecule has 2 aromatic carbocycles. The predicted octanol–water partition coefficient (Wildman–Crippen LogP) is 7.91. The first-order valence-electron chi connectivity index (χ1n) is 8.60. The van der Waals surface area contributed by atoms with Crippen molar-refractivity contribution in [3.63, 3.8) is 0 Å². The SMILES string of the molecule is C=CC=C.C=CC=C1CC1.C=Cc1ccccc1.C=Cc1ccccc1. The van der Waals surface area contributed by atoms with Crippen LogP contribution in [-0.4, -0.2) is 0 Å². The molecule has 0 heterocycles. The molecule has 0 amide bonds. The average molecular weight is 343 g/mol. The Morgan fingerprint density at radius 2 is 0.923 bits per heavy atom. The van der Waals surface area contributed by atoms with Gasteiger partial charge in [0.15, 0.2) is 0 Å². The summed E-state index contributed by atoms with van der Waals surface area (Å²) in [6.07, 6.45) is 13.5. The molecular formula is C26H30. The fourth-order valence-corrected chi connectivity index (χ4v) is 1.58. The van der Waals surface area contributed by atoms with E-state index >= 15 is 0 Å². The van der Waals surface area contributed by atoms with Gasteiger partial charge in [0.2, 0.25) is 0 Å². The molecule has 0 bridgehead atoms. The van der Waals surface area contributed by atoms with Gasteiger partial charge in [-0.15, -0.1) is 0 Å². The molecule has 1 saturated carbocycles. The minimum atomic E-state index is 1.17. The van der Waals surface area contributed by atoms with Crippen LogP contribution in [0.2, 0.25) is 0 Å². The van der Waals surface area contributed by atoms with Crippen molar-refractivity contribution in [3.8, 4) is 0 Å². The van der Waals surface area contributed by atoms with E-state index in [0.29, 0.717) is 0 Å². The zero-order valence-electron chi connectivity index (χ0n) is 15.7. The van der Waals surface area contributed by atoms with E-state index in [0.717, 1.165) is 0 Å². The molecule has 26 heavy (non-hydrogen) atoms. The summed E-state index contributed by atoms with van der Waals surface area (Å²) >= 11 is 0. The fourth-order valence-electron chi connectivity index (χ4n) is 1.58. The Labute approximate surface area is 159 Å². The quantitative estimate of drug-likeness (QED) is 0.495. The molecule has 0 unspecified atom stereocenters. The van der Waals surface area contributed by atoms with Crippen LogP contribution in [0.5, 0.6) is 0 Å². The molecule has 0 spiro atoms. The highest BCUT2D eigenvalue weighted by Crippen LogP contribution is 2.26. The Bertz CT molecular complexity index is 617. The van der Waals surface area contributed by atoms with Crippen LogP contribution in [0.15, 0.2) is 123 Å². The van der Waals surface area contributed by atoms with Crippen molar-refractivity contribution in [1.29, 1.82) is 0 Å². The monoisotopic (exact) mass is 342 g/mol. The Balaban J connectivity index is 0.000000331. The summed E-state index contributed by atoms with van der Waals surface area (Å²) in [5, 5.41) is 0. The first kappa shape index (κ1) is 22.9. The zero-order chi connectivity index (χ0) is 19.5. The lowest BCUT2D eigenvalue weighted by molar-refractivity contribution is 1.50. The summed E-state index contributed by atoms with van der Waals surface area (Å²) in [4.78, 5) is 0. The van der Waals surface area contributed by atoms with E-state index in [1.54, 1.807) is 17.7 Å². The van der Waals surface area contributed by atoms with Gasteiger partial charge in [0, 0.05) is 0 Å². The topological polar surface area (TPSA) is 0 Å². The van der Waals surface area contributed by atoms with E-state index in [4.69, 9.17) is 0 Å². The van der Waals surface area contributed by atoms with Crippen LogP contribution in [0.4, 0.5) is 0 Å². The molecular weight excluding hydrogens is 312 g/mol. The maximum absolute atomic E-state index is 3.63. The van der Waals surface area contributed by atoms with Gasteiger partial charge in [0.05, 0.1) is 0 Å². The van der Waals surface area contributed by atoms with E-state index in [1.807, 2.05) is 78.9 Å². The predicted molar refractivity (Wildman–Crippen MR) is 121 cm³/mol. The molecule has 1 aliphatic rings. The first-order chi connectivity index (χ1) is 12.7. The van der Waals surface area contributed by atoms with Crippen LogP contribution in [-0.2, 0) is 0 Å². The summed E-state index contributed by atoms with van der Waals surface area (Å²) in [6.45, 7) is 17.5. The molecule has 3 rings (SSSR count). The Hall–Kier alpha value is -3.12. The lowest BCUT2D eigenvalue weighted by Crippen LogP contribution is -1.63. The summed E-state index contributed by atoms with van der Waals surface area (Å²) in [7, 11) is 0. The van der Waals surface area contributed by atoms with Gasteiger partial charge in [-0.1, -0.05) is 136 Å². The summed E-state index contributed by atoms with van der Waals surface area (Å²) in [6, 6.07) is 20.1. The van der Waals surface area contributed by atoms with E-state index in [9.17, 15) is 0 Å². The number of allylic oxidation sites excluding steroid dienone is 5. The van der Waals surface area contributed by atoms with Gasteiger partial charge >= 0.3 is 0 Å². The standard InChI is InChI=1S/2C8H8.C6H8.C4H6/c2*1-2-8-6-4-3-5-7-8;1-2-3-6-4-5-6;1-3-4-2/h2*2-7H,1H2;2-3H,1,4-5H2;3-4H,1-2H2. The fraction of sp³-hybridized carbons (Fsp3) is 0.0769. The molecule has 0 atom stereocenters. The Morgan fingerprint density at radius 3 is 1.08 bits per heavy atom. The van der Waals surface area contributed by atoms with Crippen molar-refractivity contribution in [3.05, 3.63) is 135 Å². The van der Waals surface area contributed by atoms with Crippen LogP contribution in [0.3, 0.4) is 0 Å². The van der Waals surface area contributed by atoms with Gasteiger partial charge in [0.25, 0.3) is 0 Å². The van der Waals surface area contributed by atoms with E-state index in [-0.39, 0.29) is 0 Å². The molecule has 0 saturated heterocycles. The van der Waals surface area contributed by atoms with Crippen LogP contribution in [0.1, 0.15) is 24.0 Å². The molecule has 1 aliphatic carbocycles. The molecule has 0 aliphatic heterocycles. The van der Waals surface area contributed by atoms with Crippen molar-refractivity contribution in [2.45, 2.75) is 12.8 Å².